The van der Waals surface area contributed by atoms with Crippen LogP contribution in [-0.4, -0.2) is 24.8 Å². The number of methoxy groups -OCH3 is 1. The zero-order valence-corrected chi connectivity index (χ0v) is 11.6. The smallest absolute Gasteiger partial charge is 0.335 e. The van der Waals surface area contributed by atoms with Gasteiger partial charge in [0.1, 0.15) is 0 Å². The van der Waals surface area contributed by atoms with E-state index in [4.69, 9.17) is 14.6 Å². The molecule has 0 spiro atoms. The van der Waals surface area contributed by atoms with Crippen LogP contribution in [0.25, 0.3) is 0 Å². The average Bonchev–Trinajstić information content (AvgIpc) is 2.42. The number of unbranched alkanes of at least 4 members (excludes halogenated alkanes) is 4. The zero-order chi connectivity index (χ0) is 14.1. The largest absolute Gasteiger partial charge is 0.493 e. The molecule has 0 atom stereocenters. The molecular weight excluding hydrogens is 244 g/mol. The predicted molar refractivity (Wildman–Crippen MR) is 74.2 cm³/mol. The summed E-state index contributed by atoms with van der Waals surface area (Å²) in [4.78, 5) is 10.8. The highest BCUT2D eigenvalue weighted by molar-refractivity contribution is 5.88. The van der Waals surface area contributed by atoms with E-state index in [1.165, 1.54) is 38.5 Å². The van der Waals surface area contributed by atoms with Crippen molar-refractivity contribution < 1.29 is 19.4 Å². The van der Waals surface area contributed by atoms with Gasteiger partial charge < -0.3 is 14.6 Å². The summed E-state index contributed by atoms with van der Waals surface area (Å²) in [6.45, 7) is 2.82. The van der Waals surface area contributed by atoms with E-state index in [9.17, 15) is 4.79 Å². The van der Waals surface area contributed by atoms with Crippen molar-refractivity contribution in [2.24, 2.45) is 0 Å². The highest BCUT2D eigenvalue weighted by Crippen LogP contribution is 2.28. The van der Waals surface area contributed by atoms with Crippen LogP contribution in [-0.2, 0) is 0 Å². The fourth-order valence-corrected chi connectivity index (χ4v) is 1.81. The molecule has 0 fully saturated rings. The molecule has 0 saturated heterocycles. The maximum Gasteiger partial charge on any atom is 0.335 e. The van der Waals surface area contributed by atoms with Gasteiger partial charge in [0.25, 0.3) is 0 Å². The van der Waals surface area contributed by atoms with Crippen molar-refractivity contribution in [3.05, 3.63) is 23.8 Å². The van der Waals surface area contributed by atoms with Crippen LogP contribution in [0.1, 0.15) is 49.4 Å². The van der Waals surface area contributed by atoms with Crippen molar-refractivity contribution in [2.75, 3.05) is 13.7 Å². The maximum atomic E-state index is 10.8. The fraction of sp³-hybridized carbons (Fsp3) is 0.533. The number of rotatable bonds is 9. The number of carboxylic acids is 1. The van der Waals surface area contributed by atoms with Gasteiger partial charge in [-0.15, -0.1) is 0 Å². The Bertz CT molecular complexity index is 401. The van der Waals surface area contributed by atoms with Crippen molar-refractivity contribution in [3.63, 3.8) is 0 Å². The first-order chi connectivity index (χ1) is 9.19. The molecule has 0 aliphatic carbocycles. The second-order valence-corrected chi connectivity index (χ2v) is 4.43. The molecule has 0 amide bonds. The standard InChI is InChI=1S/C15H22O4/c1-3-4-5-6-7-10-19-13-9-8-12(15(16)17)11-14(13)18-2/h8-9,11H,3-7,10H2,1-2H3,(H,16,17). The normalized spacial score (nSPS) is 10.2. The second-order valence-electron chi connectivity index (χ2n) is 4.43. The molecule has 1 aromatic carbocycles. The van der Waals surface area contributed by atoms with Crippen LogP contribution >= 0.6 is 0 Å². The molecule has 0 aliphatic rings. The van der Waals surface area contributed by atoms with Gasteiger partial charge in [-0.2, -0.15) is 0 Å². The number of hydrogen-bond donors (Lipinski definition) is 1. The van der Waals surface area contributed by atoms with Crippen LogP contribution in [0.15, 0.2) is 18.2 Å². The van der Waals surface area contributed by atoms with Gasteiger partial charge in [0.15, 0.2) is 11.5 Å². The minimum atomic E-state index is -0.968. The number of hydrogen-bond acceptors (Lipinski definition) is 3. The number of benzene rings is 1. The Balaban J connectivity index is 2.47. The van der Waals surface area contributed by atoms with E-state index in [0.717, 1.165) is 12.8 Å². The number of aromatic carboxylic acids is 1. The van der Waals surface area contributed by atoms with Crippen molar-refractivity contribution in [2.45, 2.75) is 39.0 Å². The van der Waals surface area contributed by atoms with E-state index in [1.54, 1.807) is 6.07 Å². The third kappa shape index (κ3) is 5.20. The van der Waals surface area contributed by atoms with Crippen LogP contribution in [0.5, 0.6) is 11.5 Å². The number of carbonyl (C=O) groups is 1. The molecule has 1 aromatic rings. The van der Waals surface area contributed by atoms with Gasteiger partial charge in [0.05, 0.1) is 19.3 Å². The van der Waals surface area contributed by atoms with Crippen LogP contribution in [0, 0.1) is 0 Å². The molecule has 0 radical (unpaired) electrons. The van der Waals surface area contributed by atoms with Crippen LogP contribution < -0.4 is 9.47 Å². The SMILES string of the molecule is CCCCCCCOc1ccc(C(=O)O)cc1OC. The molecule has 0 unspecified atom stereocenters. The molecular formula is C15H22O4. The highest BCUT2D eigenvalue weighted by Gasteiger charge is 2.09. The molecule has 0 heterocycles. The summed E-state index contributed by atoms with van der Waals surface area (Å²) in [5.74, 6) is 0.0980. The summed E-state index contributed by atoms with van der Waals surface area (Å²) >= 11 is 0. The zero-order valence-electron chi connectivity index (χ0n) is 11.6. The molecule has 106 valence electrons. The summed E-state index contributed by atoms with van der Waals surface area (Å²) in [6.07, 6.45) is 5.88. The summed E-state index contributed by atoms with van der Waals surface area (Å²) in [7, 11) is 1.51. The Hall–Kier alpha value is -1.71. The van der Waals surface area contributed by atoms with Crippen molar-refractivity contribution >= 4 is 5.97 Å². The van der Waals surface area contributed by atoms with Gasteiger partial charge in [-0.3, -0.25) is 0 Å². The Morgan fingerprint density at radius 2 is 1.89 bits per heavy atom. The lowest BCUT2D eigenvalue weighted by Crippen LogP contribution is -2.02. The van der Waals surface area contributed by atoms with Crippen molar-refractivity contribution in [1.29, 1.82) is 0 Å². The summed E-state index contributed by atoms with van der Waals surface area (Å²) in [6, 6.07) is 4.65. The summed E-state index contributed by atoms with van der Waals surface area (Å²) in [5, 5.41) is 8.90. The lowest BCUT2D eigenvalue weighted by Gasteiger charge is -2.11. The van der Waals surface area contributed by atoms with Crippen molar-refractivity contribution in [1.82, 2.24) is 0 Å². The maximum absolute atomic E-state index is 10.8. The molecule has 0 aromatic heterocycles. The van der Waals surface area contributed by atoms with Gasteiger partial charge in [0.2, 0.25) is 0 Å². The lowest BCUT2D eigenvalue weighted by molar-refractivity contribution is 0.0696. The molecule has 1 N–H and O–H groups in total. The Kier molecular flexibility index (Phi) is 6.79. The summed E-state index contributed by atoms with van der Waals surface area (Å²) < 4.78 is 10.8. The first kappa shape index (κ1) is 15.3. The Labute approximate surface area is 114 Å². The molecule has 19 heavy (non-hydrogen) atoms. The molecule has 4 heteroatoms. The molecule has 0 saturated carbocycles. The third-order valence-corrected chi connectivity index (χ3v) is 2.92. The van der Waals surface area contributed by atoms with E-state index in [-0.39, 0.29) is 5.56 Å². The van der Waals surface area contributed by atoms with E-state index < -0.39 is 5.97 Å². The van der Waals surface area contributed by atoms with Gasteiger partial charge >= 0.3 is 5.97 Å². The summed E-state index contributed by atoms with van der Waals surface area (Å²) in [5.41, 5.74) is 0.201. The van der Waals surface area contributed by atoms with Crippen LogP contribution in [0.2, 0.25) is 0 Å². The molecule has 0 bridgehead atoms. The van der Waals surface area contributed by atoms with E-state index >= 15 is 0 Å². The minimum absolute atomic E-state index is 0.201. The van der Waals surface area contributed by atoms with E-state index in [2.05, 4.69) is 6.92 Å². The first-order valence-corrected chi connectivity index (χ1v) is 6.73. The lowest BCUT2D eigenvalue weighted by atomic mass is 10.2. The molecule has 4 nitrogen and oxygen atoms in total. The van der Waals surface area contributed by atoms with Crippen LogP contribution in [0.3, 0.4) is 0 Å². The number of carboxylic acid groups (broad SMARTS) is 1. The van der Waals surface area contributed by atoms with Gasteiger partial charge in [-0.1, -0.05) is 32.6 Å². The number of ether oxygens (including phenoxy) is 2. The van der Waals surface area contributed by atoms with Crippen molar-refractivity contribution in [3.8, 4) is 11.5 Å². The third-order valence-electron chi connectivity index (χ3n) is 2.92. The molecule has 0 aliphatic heterocycles. The second kappa shape index (κ2) is 8.40. The van der Waals surface area contributed by atoms with E-state index in [1.807, 2.05) is 0 Å². The van der Waals surface area contributed by atoms with E-state index in [0.29, 0.717) is 18.1 Å². The monoisotopic (exact) mass is 266 g/mol. The van der Waals surface area contributed by atoms with Gasteiger partial charge in [0, 0.05) is 0 Å². The minimum Gasteiger partial charge on any atom is -0.493 e. The quantitative estimate of drug-likeness (QED) is 0.692. The highest BCUT2D eigenvalue weighted by atomic mass is 16.5. The van der Waals surface area contributed by atoms with Gasteiger partial charge in [-0.05, 0) is 24.6 Å². The topological polar surface area (TPSA) is 55.8 Å². The first-order valence-electron chi connectivity index (χ1n) is 6.73. The van der Waals surface area contributed by atoms with Crippen LogP contribution in [0.4, 0.5) is 0 Å². The fourth-order valence-electron chi connectivity index (χ4n) is 1.81. The molecule has 1 rings (SSSR count). The Morgan fingerprint density at radius 1 is 1.16 bits per heavy atom. The van der Waals surface area contributed by atoms with Gasteiger partial charge in [-0.25, -0.2) is 4.79 Å². The Morgan fingerprint density at radius 3 is 2.53 bits per heavy atom. The predicted octanol–water partition coefficient (Wildman–Crippen LogP) is 3.74. The average molecular weight is 266 g/mol.